The summed E-state index contributed by atoms with van der Waals surface area (Å²) >= 11 is 5.59. The largest absolute Gasteiger partial charge is 0.316 e. The number of rotatable bonds is 4. The standard InChI is InChI=1S/C12H16ClFN2O2S/c13-11-6-10(3-4-12(11)14)19(17,18)16-8-9-2-1-5-15-7-9/h3-4,6,9,15-16H,1-2,5,7-8H2. The van der Waals surface area contributed by atoms with Crippen LogP contribution in [0.25, 0.3) is 0 Å². The lowest BCUT2D eigenvalue weighted by atomic mass is 10.0. The highest BCUT2D eigenvalue weighted by Gasteiger charge is 2.19. The molecule has 4 nitrogen and oxygen atoms in total. The van der Waals surface area contributed by atoms with E-state index in [9.17, 15) is 12.8 Å². The summed E-state index contributed by atoms with van der Waals surface area (Å²) in [5, 5.41) is 3.03. The summed E-state index contributed by atoms with van der Waals surface area (Å²) in [7, 11) is -3.63. The van der Waals surface area contributed by atoms with E-state index in [2.05, 4.69) is 10.0 Å². The molecule has 19 heavy (non-hydrogen) atoms. The highest BCUT2D eigenvalue weighted by Crippen LogP contribution is 2.19. The molecule has 0 radical (unpaired) electrons. The summed E-state index contributed by atoms with van der Waals surface area (Å²) in [5.74, 6) is -0.337. The fourth-order valence-corrected chi connectivity index (χ4v) is 3.44. The Kier molecular flexibility index (Phi) is 4.78. The molecule has 0 saturated carbocycles. The lowest BCUT2D eigenvalue weighted by Gasteiger charge is -2.22. The van der Waals surface area contributed by atoms with Crippen molar-refractivity contribution in [3.63, 3.8) is 0 Å². The Morgan fingerprint density at radius 1 is 1.47 bits per heavy atom. The second-order valence-electron chi connectivity index (χ2n) is 4.64. The second-order valence-corrected chi connectivity index (χ2v) is 6.81. The number of piperidine rings is 1. The Hall–Kier alpha value is -0.690. The molecule has 2 N–H and O–H groups in total. The minimum Gasteiger partial charge on any atom is -0.316 e. The van der Waals surface area contributed by atoms with Crippen LogP contribution in [0.15, 0.2) is 23.1 Å². The molecule has 106 valence electrons. The van der Waals surface area contributed by atoms with E-state index in [1.807, 2.05) is 0 Å². The molecule has 1 aromatic rings. The number of sulfonamides is 1. The molecule has 7 heteroatoms. The van der Waals surface area contributed by atoms with Crippen LogP contribution in [0.5, 0.6) is 0 Å². The maximum atomic E-state index is 13.0. The van der Waals surface area contributed by atoms with E-state index in [-0.39, 0.29) is 9.92 Å². The zero-order valence-electron chi connectivity index (χ0n) is 10.3. The maximum Gasteiger partial charge on any atom is 0.240 e. The third kappa shape index (κ3) is 3.89. The Bertz CT molecular complexity index is 545. The molecule has 1 aromatic carbocycles. The van der Waals surface area contributed by atoms with Gasteiger partial charge in [0.2, 0.25) is 10.0 Å². The third-order valence-electron chi connectivity index (χ3n) is 3.16. The molecular weight excluding hydrogens is 291 g/mol. The second kappa shape index (κ2) is 6.17. The van der Waals surface area contributed by atoms with E-state index >= 15 is 0 Å². The van der Waals surface area contributed by atoms with Crippen molar-refractivity contribution in [1.29, 1.82) is 0 Å². The first kappa shape index (κ1) is 14.7. The molecule has 0 bridgehead atoms. The molecule has 2 rings (SSSR count). The first-order valence-electron chi connectivity index (χ1n) is 6.14. The number of hydrogen-bond acceptors (Lipinski definition) is 3. The zero-order chi connectivity index (χ0) is 13.9. The van der Waals surface area contributed by atoms with Crippen molar-refractivity contribution in [2.45, 2.75) is 17.7 Å². The Morgan fingerprint density at radius 3 is 2.89 bits per heavy atom. The summed E-state index contributed by atoms with van der Waals surface area (Å²) in [6.07, 6.45) is 2.05. The van der Waals surface area contributed by atoms with Crippen LogP contribution in [0.4, 0.5) is 4.39 Å². The van der Waals surface area contributed by atoms with Gasteiger partial charge in [0.25, 0.3) is 0 Å². The third-order valence-corrected chi connectivity index (χ3v) is 4.87. The number of benzene rings is 1. The van der Waals surface area contributed by atoms with Gasteiger partial charge in [-0.25, -0.2) is 17.5 Å². The van der Waals surface area contributed by atoms with Crippen molar-refractivity contribution in [2.75, 3.05) is 19.6 Å². The van der Waals surface area contributed by atoms with Crippen molar-refractivity contribution in [3.05, 3.63) is 29.0 Å². The van der Waals surface area contributed by atoms with Crippen LogP contribution in [0.1, 0.15) is 12.8 Å². The normalized spacial score (nSPS) is 20.4. The lowest BCUT2D eigenvalue weighted by molar-refractivity contribution is 0.376. The molecule has 1 unspecified atom stereocenters. The zero-order valence-corrected chi connectivity index (χ0v) is 11.9. The van der Waals surface area contributed by atoms with Gasteiger partial charge in [-0.1, -0.05) is 11.6 Å². The quantitative estimate of drug-likeness (QED) is 0.891. The molecule has 0 aliphatic carbocycles. The minimum absolute atomic E-state index is 0.0114. The van der Waals surface area contributed by atoms with E-state index in [1.165, 1.54) is 6.07 Å². The SMILES string of the molecule is O=S(=O)(NCC1CCCNC1)c1ccc(F)c(Cl)c1. The van der Waals surface area contributed by atoms with E-state index in [4.69, 9.17) is 11.6 Å². The van der Waals surface area contributed by atoms with E-state index in [0.29, 0.717) is 12.5 Å². The van der Waals surface area contributed by atoms with Gasteiger partial charge < -0.3 is 5.32 Å². The van der Waals surface area contributed by atoms with Gasteiger partial charge in [-0.05, 0) is 50.0 Å². The van der Waals surface area contributed by atoms with Crippen molar-refractivity contribution < 1.29 is 12.8 Å². The summed E-state index contributed by atoms with van der Waals surface area (Å²) in [4.78, 5) is -0.0114. The fourth-order valence-electron chi connectivity index (χ4n) is 2.05. The average Bonchev–Trinajstić information content (AvgIpc) is 2.41. The van der Waals surface area contributed by atoms with Crippen LogP contribution < -0.4 is 10.0 Å². The highest BCUT2D eigenvalue weighted by molar-refractivity contribution is 7.89. The first-order valence-corrected chi connectivity index (χ1v) is 8.00. The Labute approximate surface area is 117 Å². The molecule has 1 heterocycles. The predicted molar refractivity (Wildman–Crippen MR) is 72.2 cm³/mol. The highest BCUT2D eigenvalue weighted by atomic mass is 35.5. The Morgan fingerprint density at radius 2 is 2.26 bits per heavy atom. The van der Waals surface area contributed by atoms with Gasteiger partial charge in [0.05, 0.1) is 9.92 Å². The van der Waals surface area contributed by atoms with Crippen LogP contribution in [0.3, 0.4) is 0 Å². The topological polar surface area (TPSA) is 58.2 Å². The molecule has 1 saturated heterocycles. The molecule has 1 fully saturated rings. The van der Waals surface area contributed by atoms with Crippen molar-refractivity contribution in [2.24, 2.45) is 5.92 Å². The van der Waals surface area contributed by atoms with Crippen LogP contribution in [0, 0.1) is 11.7 Å². The van der Waals surface area contributed by atoms with E-state index in [1.54, 1.807) is 0 Å². The van der Waals surface area contributed by atoms with Crippen molar-refractivity contribution in [1.82, 2.24) is 10.0 Å². The lowest BCUT2D eigenvalue weighted by Crippen LogP contribution is -2.38. The minimum atomic E-state index is -3.63. The van der Waals surface area contributed by atoms with Gasteiger partial charge in [0.15, 0.2) is 0 Å². The summed E-state index contributed by atoms with van der Waals surface area (Å²) in [5.41, 5.74) is 0. The molecule has 1 aliphatic heterocycles. The van der Waals surface area contributed by atoms with Crippen LogP contribution in [-0.2, 0) is 10.0 Å². The molecule has 1 atom stereocenters. The Balaban J connectivity index is 2.02. The average molecular weight is 307 g/mol. The predicted octanol–water partition coefficient (Wildman–Crippen LogP) is 1.76. The fraction of sp³-hybridized carbons (Fsp3) is 0.500. The van der Waals surface area contributed by atoms with Crippen LogP contribution in [-0.4, -0.2) is 28.1 Å². The van der Waals surface area contributed by atoms with Gasteiger partial charge in [0, 0.05) is 6.54 Å². The molecular formula is C12H16ClFN2O2S. The van der Waals surface area contributed by atoms with Gasteiger partial charge in [0.1, 0.15) is 5.82 Å². The van der Waals surface area contributed by atoms with Crippen molar-refractivity contribution in [3.8, 4) is 0 Å². The van der Waals surface area contributed by atoms with Gasteiger partial charge in [-0.2, -0.15) is 0 Å². The first-order chi connectivity index (χ1) is 8.99. The summed E-state index contributed by atoms with van der Waals surface area (Å²) in [6.45, 7) is 2.17. The smallest absolute Gasteiger partial charge is 0.240 e. The molecule has 0 aromatic heterocycles. The van der Waals surface area contributed by atoms with Crippen LogP contribution in [0.2, 0.25) is 5.02 Å². The monoisotopic (exact) mass is 306 g/mol. The maximum absolute atomic E-state index is 13.0. The number of halogens is 2. The van der Waals surface area contributed by atoms with Crippen LogP contribution >= 0.6 is 11.6 Å². The van der Waals surface area contributed by atoms with E-state index in [0.717, 1.165) is 38.1 Å². The summed E-state index contributed by atoms with van der Waals surface area (Å²) < 4.78 is 39.6. The van der Waals surface area contributed by atoms with Gasteiger partial charge in [-0.15, -0.1) is 0 Å². The van der Waals surface area contributed by atoms with Crippen molar-refractivity contribution >= 4 is 21.6 Å². The summed E-state index contributed by atoms with van der Waals surface area (Å²) in [6, 6.07) is 3.39. The van der Waals surface area contributed by atoms with Gasteiger partial charge in [-0.3, -0.25) is 0 Å². The number of nitrogens with one attached hydrogen (secondary N) is 2. The van der Waals surface area contributed by atoms with E-state index < -0.39 is 15.8 Å². The molecule has 1 aliphatic rings. The molecule has 0 amide bonds. The number of hydrogen-bond donors (Lipinski definition) is 2. The molecule has 0 spiro atoms. The van der Waals surface area contributed by atoms with Gasteiger partial charge >= 0.3 is 0 Å².